The number of ether oxygens (including phenoxy) is 1. The van der Waals surface area contributed by atoms with Crippen molar-refractivity contribution < 1.29 is 4.74 Å². The summed E-state index contributed by atoms with van der Waals surface area (Å²) >= 11 is 0. The number of methoxy groups -OCH3 is 1. The second-order valence-electron chi connectivity index (χ2n) is 5.77. The summed E-state index contributed by atoms with van der Waals surface area (Å²) in [6, 6.07) is 9.55. The molecule has 1 aromatic carbocycles. The van der Waals surface area contributed by atoms with E-state index in [-0.39, 0.29) is 0 Å². The Bertz CT molecular complexity index is 394. The van der Waals surface area contributed by atoms with Crippen LogP contribution >= 0.6 is 0 Å². The van der Waals surface area contributed by atoms with E-state index in [2.05, 4.69) is 34.5 Å². The minimum atomic E-state index is 0.705. The molecule has 112 valence electrons. The van der Waals surface area contributed by atoms with Gasteiger partial charge in [-0.3, -0.25) is 4.90 Å². The summed E-state index contributed by atoms with van der Waals surface area (Å²) in [5.74, 6) is 0. The molecule has 2 rings (SSSR count). The molecular formula is C17H28N2O. The standard InChI is InChI=1S/C17H28N2O/c1-18-10-9-17-8-3-4-11-19(17)13-15-6-5-7-16(12-15)14-20-2/h5-7,12,17-18H,3-4,8-11,13-14H2,1-2H3. The fraction of sp³-hybridized carbons (Fsp3) is 0.647. The summed E-state index contributed by atoms with van der Waals surface area (Å²) in [7, 11) is 3.80. The molecule has 20 heavy (non-hydrogen) atoms. The van der Waals surface area contributed by atoms with E-state index in [0.717, 1.165) is 19.1 Å². The molecule has 0 radical (unpaired) electrons. The number of hydrogen-bond acceptors (Lipinski definition) is 3. The van der Waals surface area contributed by atoms with E-state index in [1.807, 2.05) is 7.05 Å². The van der Waals surface area contributed by atoms with Gasteiger partial charge in [0.25, 0.3) is 0 Å². The van der Waals surface area contributed by atoms with E-state index in [4.69, 9.17) is 4.74 Å². The van der Waals surface area contributed by atoms with Crippen molar-refractivity contribution in [2.75, 3.05) is 27.2 Å². The Morgan fingerprint density at radius 3 is 2.95 bits per heavy atom. The first-order chi connectivity index (χ1) is 9.83. The van der Waals surface area contributed by atoms with Crippen LogP contribution < -0.4 is 5.32 Å². The monoisotopic (exact) mass is 276 g/mol. The summed E-state index contributed by atoms with van der Waals surface area (Å²) < 4.78 is 5.23. The fourth-order valence-electron chi connectivity index (χ4n) is 3.12. The van der Waals surface area contributed by atoms with E-state index < -0.39 is 0 Å². The Balaban J connectivity index is 1.96. The number of benzene rings is 1. The molecule has 3 heteroatoms. The molecule has 0 amide bonds. The molecule has 1 aliphatic heterocycles. The molecule has 1 unspecified atom stereocenters. The largest absolute Gasteiger partial charge is 0.380 e. The summed E-state index contributed by atoms with van der Waals surface area (Å²) in [6.07, 6.45) is 5.33. The molecule has 0 spiro atoms. The van der Waals surface area contributed by atoms with Gasteiger partial charge in [-0.1, -0.05) is 30.7 Å². The molecule has 1 aliphatic rings. The highest BCUT2D eigenvalue weighted by atomic mass is 16.5. The van der Waals surface area contributed by atoms with Gasteiger partial charge < -0.3 is 10.1 Å². The zero-order valence-electron chi connectivity index (χ0n) is 12.9. The van der Waals surface area contributed by atoms with Gasteiger partial charge in [-0.2, -0.15) is 0 Å². The zero-order valence-corrected chi connectivity index (χ0v) is 12.9. The molecule has 1 fully saturated rings. The normalized spacial score (nSPS) is 20.2. The minimum absolute atomic E-state index is 0.705. The highest BCUT2D eigenvalue weighted by Crippen LogP contribution is 2.22. The minimum Gasteiger partial charge on any atom is -0.380 e. The number of rotatable bonds is 7. The molecule has 0 aromatic heterocycles. The fourth-order valence-corrected chi connectivity index (χ4v) is 3.12. The third-order valence-electron chi connectivity index (χ3n) is 4.16. The van der Waals surface area contributed by atoms with Crippen molar-refractivity contribution in [2.24, 2.45) is 0 Å². The van der Waals surface area contributed by atoms with Gasteiger partial charge in [0.15, 0.2) is 0 Å². The van der Waals surface area contributed by atoms with Crippen LogP contribution in [0.15, 0.2) is 24.3 Å². The Morgan fingerprint density at radius 1 is 1.30 bits per heavy atom. The first kappa shape index (κ1) is 15.5. The lowest BCUT2D eigenvalue weighted by Gasteiger charge is -2.36. The van der Waals surface area contributed by atoms with Crippen molar-refractivity contribution in [1.29, 1.82) is 0 Å². The maximum absolute atomic E-state index is 5.23. The van der Waals surface area contributed by atoms with Crippen molar-refractivity contribution >= 4 is 0 Å². The van der Waals surface area contributed by atoms with Gasteiger partial charge in [0.2, 0.25) is 0 Å². The summed E-state index contributed by atoms with van der Waals surface area (Å²) in [5, 5.41) is 3.28. The molecule has 0 saturated carbocycles. The quantitative estimate of drug-likeness (QED) is 0.829. The third kappa shape index (κ3) is 4.58. The van der Waals surface area contributed by atoms with Crippen LogP contribution in [0.4, 0.5) is 0 Å². The summed E-state index contributed by atoms with van der Waals surface area (Å²) in [4.78, 5) is 2.66. The molecule has 1 N–H and O–H groups in total. The van der Waals surface area contributed by atoms with Gasteiger partial charge in [0, 0.05) is 19.7 Å². The van der Waals surface area contributed by atoms with E-state index in [1.165, 1.54) is 43.4 Å². The smallest absolute Gasteiger partial charge is 0.0713 e. The number of nitrogens with one attached hydrogen (secondary N) is 1. The van der Waals surface area contributed by atoms with Crippen molar-refractivity contribution in [2.45, 2.75) is 44.9 Å². The molecule has 0 aliphatic carbocycles. The van der Waals surface area contributed by atoms with Crippen LogP contribution in [-0.4, -0.2) is 38.2 Å². The van der Waals surface area contributed by atoms with Crippen molar-refractivity contribution in [3.05, 3.63) is 35.4 Å². The molecule has 1 atom stereocenters. The molecular weight excluding hydrogens is 248 g/mol. The topological polar surface area (TPSA) is 24.5 Å². The van der Waals surface area contributed by atoms with Gasteiger partial charge in [0.1, 0.15) is 0 Å². The number of piperidine rings is 1. The predicted molar refractivity (Wildman–Crippen MR) is 83.7 cm³/mol. The second-order valence-corrected chi connectivity index (χ2v) is 5.77. The first-order valence-corrected chi connectivity index (χ1v) is 7.79. The molecule has 1 aromatic rings. The summed E-state index contributed by atoms with van der Waals surface area (Å²) in [6.45, 7) is 4.14. The average molecular weight is 276 g/mol. The first-order valence-electron chi connectivity index (χ1n) is 7.79. The average Bonchev–Trinajstić information content (AvgIpc) is 2.47. The van der Waals surface area contributed by atoms with Crippen LogP contribution in [0, 0.1) is 0 Å². The van der Waals surface area contributed by atoms with Crippen molar-refractivity contribution in [3.8, 4) is 0 Å². The molecule has 3 nitrogen and oxygen atoms in total. The van der Waals surface area contributed by atoms with Crippen LogP contribution in [0.1, 0.15) is 36.8 Å². The maximum atomic E-state index is 5.23. The number of nitrogens with zero attached hydrogens (tertiary/aromatic N) is 1. The van der Waals surface area contributed by atoms with E-state index in [0.29, 0.717) is 6.61 Å². The number of hydrogen-bond donors (Lipinski definition) is 1. The second kappa shape index (κ2) is 8.40. The lowest BCUT2D eigenvalue weighted by molar-refractivity contribution is 0.132. The van der Waals surface area contributed by atoms with E-state index >= 15 is 0 Å². The van der Waals surface area contributed by atoms with E-state index in [9.17, 15) is 0 Å². The van der Waals surface area contributed by atoms with Gasteiger partial charge in [-0.25, -0.2) is 0 Å². The predicted octanol–water partition coefficient (Wildman–Crippen LogP) is 2.80. The van der Waals surface area contributed by atoms with Gasteiger partial charge in [-0.05, 0) is 50.5 Å². The Hall–Kier alpha value is -0.900. The van der Waals surface area contributed by atoms with Crippen LogP contribution in [0.5, 0.6) is 0 Å². The Morgan fingerprint density at radius 2 is 2.15 bits per heavy atom. The molecule has 0 bridgehead atoms. The molecule has 1 saturated heterocycles. The van der Waals surface area contributed by atoms with Crippen LogP contribution in [0.2, 0.25) is 0 Å². The maximum Gasteiger partial charge on any atom is 0.0713 e. The van der Waals surface area contributed by atoms with E-state index in [1.54, 1.807) is 7.11 Å². The summed E-state index contributed by atoms with van der Waals surface area (Å²) in [5.41, 5.74) is 2.68. The van der Waals surface area contributed by atoms with Crippen LogP contribution in [0.25, 0.3) is 0 Å². The molecule has 1 heterocycles. The Labute approximate surface area is 123 Å². The SMILES string of the molecule is CNCCC1CCCCN1Cc1cccc(COC)c1. The lowest BCUT2D eigenvalue weighted by Crippen LogP contribution is -2.40. The van der Waals surface area contributed by atoms with Gasteiger partial charge in [0.05, 0.1) is 6.61 Å². The number of likely N-dealkylation sites (tertiary alicyclic amines) is 1. The zero-order chi connectivity index (χ0) is 14.2. The van der Waals surface area contributed by atoms with Crippen LogP contribution in [-0.2, 0) is 17.9 Å². The lowest BCUT2D eigenvalue weighted by atomic mass is 9.98. The van der Waals surface area contributed by atoms with Crippen molar-refractivity contribution in [1.82, 2.24) is 10.2 Å². The van der Waals surface area contributed by atoms with Gasteiger partial charge in [-0.15, -0.1) is 0 Å². The third-order valence-corrected chi connectivity index (χ3v) is 4.16. The highest BCUT2D eigenvalue weighted by Gasteiger charge is 2.21. The van der Waals surface area contributed by atoms with Crippen molar-refractivity contribution in [3.63, 3.8) is 0 Å². The Kier molecular flexibility index (Phi) is 6.51. The van der Waals surface area contributed by atoms with Gasteiger partial charge >= 0.3 is 0 Å². The van der Waals surface area contributed by atoms with Crippen LogP contribution in [0.3, 0.4) is 0 Å². The highest BCUT2D eigenvalue weighted by molar-refractivity contribution is 5.23.